The van der Waals surface area contributed by atoms with E-state index >= 15 is 0 Å². The van der Waals surface area contributed by atoms with Crippen LogP contribution in [0.4, 0.5) is 5.00 Å². The molecule has 1 saturated heterocycles. The maximum absolute atomic E-state index is 12.2. The molecule has 1 aromatic heterocycles. The van der Waals surface area contributed by atoms with Crippen molar-refractivity contribution in [1.29, 1.82) is 0 Å². The topological polar surface area (TPSA) is 92.9 Å². The molecule has 1 unspecified atom stereocenters. The summed E-state index contributed by atoms with van der Waals surface area (Å²) in [5.74, 6) is -0.296. The maximum atomic E-state index is 12.2. The summed E-state index contributed by atoms with van der Waals surface area (Å²) in [6.07, 6.45) is 0. The number of rotatable bonds is 3. The lowest BCUT2D eigenvalue weighted by Gasteiger charge is -2.34. The highest BCUT2D eigenvalue weighted by Crippen LogP contribution is 2.26. The SMILES string of the molecule is O=C(c1ccc([N+](=O)[O-])s1)N1CCOCC1CO. The summed E-state index contributed by atoms with van der Waals surface area (Å²) < 4.78 is 5.17. The molecule has 18 heavy (non-hydrogen) atoms. The summed E-state index contributed by atoms with van der Waals surface area (Å²) in [6, 6.07) is 2.37. The van der Waals surface area contributed by atoms with Gasteiger partial charge < -0.3 is 14.7 Å². The molecule has 2 heterocycles. The van der Waals surface area contributed by atoms with Gasteiger partial charge in [-0.25, -0.2) is 0 Å². The lowest BCUT2D eigenvalue weighted by Crippen LogP contribution is -2.50. The summed E-state index contributed by atoms with van der Waals surface area (Å²) in [5.41, 5.74) is 0. The average molecular weight is 272 g/mol. The van der Waals surface area contributed by atoms with Gasteiger partial charge >= 0.3 is 5.00 Å². The first-order valence-corrected chi connectivity index (χ1v) is 6.19. The van der Waals surface area contributed by atoms with Crippen LogP contribution < -0.4 is 0 Å². The van der Waals surface area contributed by atoms with Crippen LogP contribution in [0.2, 0.25) is 0 Å². The molecule has 1 atom stereocenters. The number of carbonyl (C=O) groups is 1. The molecule has 7 nitrogen and oxygen atoms in total. The molecule has 1 aliphatic heterocycles. The highest BCUT2D eigenvalue weighted by molar-refractivity contribution is 7.17. The van der Waals surface area contributed by atoms with Crippen molar-refractivity contribution in [2.75, 3.05) is 26.4 Å². The normalized spacial score (nSPS) is 19.8. The number of morpholine rings is 1. The standard InChI is InChI=1S/C10H12N2O5S/c13-5-7-6-17-4-3-11(7)10(14)8-1-2-9(18-8)12(15)16/h1-2,7,13H,3-6H2. The zero-order valence-electron chi connectivity index (χ0n) is 9.44. The van der Waals surface area contributed by atoms with Crippen LogP contribution in [0, 0.1) is 10.1 Å². The number of nitro groups is 1. The van der Waals surface area contributed by atoms with Gasteiger partial charge in [0.2, 0.25) is 0 Å². The summed E-state index contributed by atoms with van der Waals surface area (Å²) >= 11 is 0.843. The molecule has 0 aliphatic carbocycles. The van der Waals surface area contributed by atoms with Crippen LogP contribution in [-0.2, 0) is 4.74 Å². The van der Waals surface area contributed by atoms with Crippen molar-refractivity contribution < 1.29 is 19.6 Å². The van der Waals surface area contributed by atoms with Gasteiger partial charge in [-0.15, -0.1) is 0 Å². The first-order valence-electron chi connectivity index (χ1n) is 5.37. The lowest BCUT2D eigenvalue weighted by atomic mass is 10.2. The Balaban J connectivity index is 2.15. The number of hydrogen-bond acceptors (Lipinski definition) is 6. The van der Waals surface area contributed by atoms with Crippen LogP contribution in [0.5, 0.6) is 0 Å². The predicted molar refractivity (Wildman–Crippen MR) is 63.7 cm³/mol. The Labute approximate surface area is 107 Å². The van der Waals surface area contributed by atoms with Crippen LogP contribution >= 0.6 is 11.3 Å². The van der Waals surface area contributed by atoms with Gasteiger partial charge in [0.15, 0.2) is 0 Å². The van der Waals surface area contributed by atoms with Gasteiger partial charge in [-0.2, -0.15) is 0 Å². The van der Waals surface area contributed by atoms with Crippen molar-refractivity contribution in [1.82, 2.24) is 4.90 Å². The van der Waals surface area contributed by atoms with Crippen LogP contribution in [0.3, 0.4) is 0 Å². The van der Waals surface area contributed by atoms with Crippen molar-refractivity contribution in [2.24, 2.45) is 0 Å². The van der Waals surface area contributed by atoms with E-state index in [1.807, 2.05) is 0 Å². The van der Waals surface area contributed by atoms with Crippen molar-refractivity contribution in [3.8, 4) is 0 Å². The zero-order valence-corrected chi connectivity index (χ0v) is 10.3. The van der Waals surface area contributed by atoms with E-state index in [4.69, 9.17) is 4.74 Å². The number of aliphatic hydroxyl groups excluding tert-OH is 1. The average Bonchev–Trinajstić information content (AvgIpc) is 2.87. The Bertz CT molecular complexity index is 461. The van der Waals surface area contributed by atoms with E-state index in [1.54, 1.807) is 0 Å². The lowest BCUT2D eigenvalue weighted by molar-refractivity contribution is -0.380. The number of ether oxygens (including phenoxy) is 1. The first kappa shape index (κ1) is 12.9. The molecule has 1 aromatic rings. The molecule has 2 rings (SSSR count). The van der Waals surface area contributed by atoms with Crippen molar-refractivity contribution in [2.45, 2.75) is 6.04 Å². The number of nitrogens with zero attached hydrogens (tertiary/aromatic N) is 2. The monoisotopic (exact) mass is 272 g/mol. The molecule has 1 fully saturated rings. The van der Waals surface area contributed by atoms with E-state index in [-0.39, 0.29) is 30.2 Å². The number of hydrogen-bond donors (Lipinski definition) is 1. The predicted octanol–water partition coefficient (Wildman–Crippen LogP) is 0.490. The van der Waals surface area contributed by atoms with Gasteiger partial charge in [0.25, 0.3) is 5.91 Å². The Hall–Kier alpha value is -1.51. The van der Waals surface area contributed by atoms with Gasteiger partial charge in [-0.3, -0.25) is 14.9 Å². The largest absolute Gasteiger partial charge is 0.394 e. The highest BCUT2D eigenvalue weighted by atomic mass is 32.1. The third-order valence-corrected chi connectivity index (χ3v) is 3.71. The van der Waals surface area contributed by atoms with E-state index in [0.717, 1.165) is 11.3 Å². The Kier molecular flexibility index (Phi) is 3.90. The fourth-order valence-electron chi connectivity index (χ4n) is 1.76. The summed E-state index contributed by atoms with van der Waals surface area (Å²) in [5, 5.41) is 19.7. The summed E-state index contributed by atoms with van der Waals surface area (Å²) in [4.78, 5) is 24.0. The van der Waals surface area contributed by atoms with Crippen molar-refractivity contribution in [3.05, 3.63) is 27.1 Å². The molecule has 1 N–H and O–H groups in total. The molecule has 1 aliphatic rings. The smallest absolute Gasteiger partial charge is 0.324 e. The van der Waals surface area contributed by atoms with Gasteiger partial charge in [-0.1, -0.05) is 11.3 Å². The summed E-state index contributed by atoms with van der Waals surface area (Å²) in [6.45, 7) is 0.903. The second-order valence-electron chi connectivity index (χ2n) is 3.80. The Morgan fingerprint density at radius 1 is 1.67 bits per heavy atom. The second kappa shape index (κ2) is 5.42. The maximum Gasteiger partial charge on any atom is 0.324 e. The Morgan fingerprint density at radius 2 is 2.44 bits per heavy atom. The van der Waals surface area contributed by atoms with Gasteiger partial charge in [-0.05, 0) is 6.07 Å². The van der Waals surface area contributed by atoms with E-state index in [0.29, 0.717) is 18.0 Å². The minimum absolute atomic E-state index is 0.0628. The third kappa shape index (κ3) is 2.50. The Morgan fingerprint density at radius 3 is 3.06 bits per heavy atom. The molecule has 0 bridgehead atoms. The molecule has 8 heteroatoms. The fourth-order valence-corrected chi connectivity index (χ4v) is 2.53. The van der Waals surface area contributed by atoms with Gasteiger partial charge in [0.1, 0.15) is 0 Å². The van der Waals surface area contributed by atoms with Crippen LogP contribution in [0.1, 0.15) is 9.67 Å². The minimum atomic E-state index is -0.524. The molecule has 98 valence electrons. The van der Waals surface area contributed by atoms with E-state index in [9.17, 15) is 20.0 Å². The van der Waals surface area contributed by atoms with Gasteiger partial charge in [0, 0.05) is 12.6 Å². The van der Waals surface area contributed by atoms with E-state index in [2.05, 4.69) is 0 Å². The number of thiophene rings is 1. The molecule has 1 amide bonds. The molecular weight excluding hydrogens is 260 g/mol. The van der Waals surface area contributed by atoms with E-state index < -0.39 is 4.92 Å². The minimum Gasteiger partial charge on any atom is -0.394 e. The number of aliphatic hydroxyl groups is 1. The van der Waals surface area contributed by atoms with Crippen LogP contribution in [-0.4, -0.2) is 53.2 Å². The van der Waals surface area contributed by atoms with Crippen molar-refractivity contribution in [3.63, 3.8) is 0 Å². The summed E-state index contributed by atoms with van der Waals surface area (Å²) in [7, 11) is 0. The van der Waals surface area contributed by atoms with Crippen molar-refractivity contribution >= 4 is 22.2 Å². The molecular formula is C10H12N2O5S. The third-order valence-electron chi connectivity index (χ3n) is 2.68. The molecule has 0 spiro atoms. The molecule has 0 aromatic carbocycles. The molecule has 0 saturated carbocycles. The van der Waals surface area contributed by atoms with Crippen LogP contribution in [0.25, 0.3) is 0 Å². The molecule has 0 radical (unpaired) electrons. The number of amides is 1. The first-order chi connectivity index (χ1) is 8.63. The highest BCUT2D eigenvalue weighted by Gasteiger charge is 2.29. The van der Waals surface area contributed by atoms with E-state index in [1.165, 1.54) is 17.0 Å². The quantitative estimate of drug-likeness (QED) is 0.638. The second-order valence-corrected chi connectivity index (χ2v) is 4.87. The van der Waals surface area contributed by atoms with Crippen LogP contribution in [0.15, 0.2) is 12.1 Å². The fraction of sp³-hybridized carbons (Fsp3) is 0.500. The zero-order chi connectivity index (χ0) is 13.1. The van der Waals surface area contributed by atoms with Gasteiger partial charge in [0.05, 0.1) is 35.7 Å². The number of carbonyl (C=O) groups excluding carboxylic acids is 1.